The third-order valence-corrected chi connectivity index (χ3v) is 3.41. The average molecular weight is 217 g/mol. The molecule has 1 rings (SSSR count). The van der Waals surface area contributed by atoms with Crippen molar-refractivity contribution >= 4 is 10.0 Å². The summed E-state index contributed by atoms with van der Waals surface area (Å²) in [7, 11) is -1.23. The molecule has 14 heavy (non-hydrogen) atoms. The molecule has 0 aliphatic carbocycles. The molecular weight excluding hydrogens is 202 g/mol. The van der Waals surface area contributed by atoms with Crippen LogP contribution >= 0.6 is 0 Å². The molecular formula is C8H15N3O2S. The molecule has 1 aromatic rings. The number of rotatable bonds is 5. The zero-order valence-corrected chi connectivity index (χ0v) is 9.21. The van der Waals surface area contributed by atoms with E-state index in [0.29, 0.717) is 13.0 Å². The van der Waals surface area contributed by atoms with Crippen molar-refractivity contribution in [3.8, 4) is 0 Å². The third-order valence-electron chi connectivity index (χ3n) is 2.01. The molecule has 0 aromatic carbocycles. The van der Waals surface area contributed by atoms with Crippen LogP contribution in [0.3, 0.4) is 0 Å². The van der Waals surface area contributed by atoms with Gasteiger partial charge in [0.2, 0.25) is 10.0 Å². The van der Waals surface area contributed by atoms with Crippen molar-refractivity contribution in [3.63, 3.8) is 0 Å². The minimum atomic E-state index is -3.07. The number of hydrogen-bond acceptors (Lipinski definition) is 3. The SMILES string of the molecule is CCS(=O)(=O)NCCc1ccnn1C. The molecule has 0 unspecified atom stereocenters. The Labute approximate surface area is 84.2 Å². The molecule has 0 fully saturated rings. The summed E-state index contributed by atoms with van der Waals surface area (Å²) in [5.74, 6) is 0.123. The highest BCUT2D eigenvalue weighted by molar-refractivity contribution is 7.89. The lowest BCUT2D eigenvalue weighted by atomic mass is 10.3. The Balaban J connectivity index is 2.40. The van der Waals surface area contributed by atoms with E-state index >= 15 is 0 Å². The van der Waals surface area contributed by atoms with Gasteiger partial charge < -0.3 is 0 Å². The van der Waals surface area contributed by atoms with E-state index in [0.717, 1.165) is 5.69 Å². The summed E-state index contributed by atoms with van der Waals surface area (Å²) in [6.45, 7) is 2.04. The highest BCUT2D eigenvalue weighted by Gasteiger charge is 2.05. The van der Waals surface area contributed by atoms with Gasteiger partial charge in [-0.25, -0.2) is 13.1 Å². The van der Waals surface area contributed by atoms with Crippen LogP contribution in [0.15, 0.2) is 12.3 Å². The fourth-order valence-electron chi connectivity index (χ4n) is 1.08. The number of aryl methyl sites for hydroxylation is 1. The van der Waals surface area contributed by atoms with Crippen LogP contribution in [0, 0.1) is 0 Å². The fourth-order valence-corrected chi connectivity index (χ4v) is 1.70. The molecule has 80 valence electrons. The van der Waals surface area contributed by atoms with E-state index in [2.05, 4.69) is 9.82 Å². The maximum absolute atomic E-state index is 11.1. The lowest BCUT2D eigenvalue weighted by Gasteiger charge is -2.04. The van der Waals surface area contributed by atoms with Gasteiger partial charge in [0.05, 0.1) is 5.75 Å². The van der Waals surface area contributed by atoms with E-state index in [-0.39, 0.29) is 5.75 Å². The first-order valence-electron chi connectivity index (χ1n) is 4.49. The van der Waals surface area contributed by atoms with Gasteiger partial charge in [-0.3, -0.25) is 4.68 Å². The zero-order valence-electron chi connectivity index (χ0n) is 8.40. The van der Waals surface area contributed by atoms with Crippen molar-refractivity contribution in [2.45, 2.75) is 13.3 Å². The molecule has 0 saturated heterocycles. The molecule has 0 spiro atoms. The summed E-state index contributed by atoms with van der Waals surface area (Å²) in [4.78, 5) is 0. The van der Waals surface area contributed by atoms with E-state index in [1.807, 2.05) is 13.1 Å². The summed E-state index contributed by atoms with van der Waals surface area (Å²) >= 11 is 0. The van der Waals surface area contributed by atoms with Gasteiger partial charge >= 0.3 is 0 Å². The van der Waals surface area contributed by atoms with Gasteiger partial charge in [0.1, 0.15) is 0 Å². The summed E-state index contributed by atoms with van der Waals surface area (Å²) in [5, 5.41) is 3.99. The second-order valence-corrected chi connectivity index (χ2v) is 5.09. The molecule has 0 aliphatic rings. The average Bonchev–Trinajstić information content (AvgIpc) is 2.52. The van der Waals surface area contributed by atoms with E-state index in [9.17, 15) is 8.42 Å². The molecule has 1 heterocycles. The number of nitrogens with one attached hydrogen (secondary N) is 1. The van der Waals surface area contributed by atoms with Crippen molar-refractivity contribution in [3.05, 3.63) is 18.0 Å². The fraction of sp³-hybridized carbons (Fsp3) is 0.625. The minimum absolute atomic E-state index is 0.123. The van der Waals surface area contributed by atoms with Crippen LogP contribution in [0.5, 0.6) is 0 Å². The molecule has 1 aromatic heterocycles. The summed E-state index contributed by atoms with van der Waals surface area (Å²) in [6, 6.07) is 1.88. The first-order chi connectivity index (χ1) is 6.55. The molecule has 0 bridgehead atoms. The van der Waals surface area contributed by atoms with Crippen molar-refractivity contribution in [2.24, 2.45) is 7.05 Å². The Hall–Kier alpha value is -0.880. The van der Waals surface area contributed by atoms with Crippen LogP contribution in [0.1, 0.15) is 12.6 Å². The van der Waals surface area contributed by atoms with Crippen LogP contribution < -0.4 is 4.72 Å². The zero-order chi connectivity index (χ0) is 10.6. The smallest absolute Gasteiger partial charge is 0.211 e. The molecule has 0 saturated carbocycles. The van der Waals surface area contributed by atoms with E-state index in [1.54, 1.807) is 17.8 Å². The normalized spacial score (nSPS) is 11.9. The molecule has 5 nitrogen and oxygen atoms in total. The third kappa shape index (κ3) is 3.12. The van der Waals surface area contributed by atoms with E-state index in [1.165, 1.54) is 0 Å². The first-order valence-corrected chi connectivity index (χ1v) is 6.14. The lowest BCUT2D eigenvalue weighted by molar-refractivity contribution is 0.581. The first kappa shape index (κ1) is 11.2. The van der Waals surface area contributed by atoms with Crippen LogP contribution in [0.2, 0.25) is 0 Å². The highest BCUT2D eigenvalue weighted by Crippen LogP contribution is 1.96. The number of hydrogen-bond donors (Lipinski definition) is 1. The van der Waals surface area contributed by atoms with Crippen molar-refractivity contribution in [1.82, 2.24) is 14.5 Å². The second kappa shape index (κ2) is 4.56. The Morgan fingerprint density at radius 2 is 2.29 bits per heavy atom. The number of sulfonamides is 1. The predicted octanol–water partition coefficient (Wildman–Crippen LogP) is -0.0981. The van der Waals surface area contributed by atoms with Gasteiger partial charge in [0.15, 0.2) is 0 Å². The lowest BCUT2D eigenvalue weighted by Crippen LogP contribution is -2.27. The quantitative estimate of drug-likeness (QED) is 0.749. The summed E-state index contributed by atoms with van der Waals surface area (Å²) in [6.07, 6.45) is 2.36. The standard InChI is InChI=1S/C8H15N3O2S/c1-3-14(12,13)10-7-5-8-4-6-9-11(8)2/h4,6,10H,3,5,7H2,1-2H3. The van der Waals surface area contributed by atoms with Crippen molar-refractivity contribution in [1.29, 1.82) is 0 Å². The van der Waals surface area contributed by atoms with Gasteiger partial charge in [-0.15, -0.1) is 0 Å². The number of nitrogens with zero attached hydrogens (tertiary/aromatic N) is 2. The van der Waals surface area contributed by atoms with E-state index < -0.39 is 10.0 Å². The molecule has 0 atom stereocenters. The Bertz CT molecular complexity index is 383. The Morgan fingerprint density at radius 3 is 2.79 bits per heavy atom. The second-order valence-electron chi connectivity index (χ2n) is 2.99. The van der Waals surface area contributed by atoms with Crippen LogP contribution in [-0.4, -0.2) is 30.5 Å². The highest BCUT2D eigenvalue weighted by atomic mass is 32.2. The Morgan fingerprint density at radius 1 is 1.57 bits per heavy atom. The molecule has 0 amide bonds. The molecule has 0 radical (unpaired) electrons. The maximum atomic E-state index is 11.1. The number of aromatic nitrogens is 2. The van der Waals surface area contributed by atoms with Gasteiger partial charge in [0.25, 0.3) is 0 Å². The van der Waals surface area contributed by atoms with Crippen molar-refractivity contribution < 1.29 is 8.42 Å². The largest absolute Gasteiger partial charge is 0.273 e. The monoisotopic (exact) mass is 217 g/mol. The van der Waals surface area contributed by atoms with Crippen LogP contribution in [0.4, 0.5) is 0 Å². The molecule has 1 N–H and O–H groups in total. The topological polar surface area (TPSA) is 64.0 Å². The van der Waals surface area contributed by atoms with Gasteiger partial charge in [0, 0.05) is 31.9 Å². The molecule has 6 heteroatoms. The van der Waals surface area contributed by atoms with Gasteiger partial charge in [-0.05, 0) is 13.0 Å². The summed E-state index contributed by atoms with van der Waals surface area (Å²) in [5.41, 5.74) is 1.02. The minimum Gasteiger partial charge on any atom is -0.273 e. The van der Waals surface area contributed by atoms with Gasteiger partial charge in [-0.2, -0.15) is 5.10 Å². The summed E-state index contributed by atoms with van der Waals surface area (Å²) < 4.78 is 26.4. The molecule has 0 aliphatic heterocycles. The van der Waals surface area contributed by atoms with Crippen molar-refractivity contribution in [2.75, 3.05) is 12.3 Å². The Kier molecular flexibility index (Phi) is 3.65. The maximum Gasteiger partial charge on any atom is 0.211 e. The van der Waals surface area contributed by atoms with Crippen LogP contribution in [-0.2, 0) is 23.5 Å². The van der Waals surface area contributed by atoms with Crippen LogP contribution in [0.25, 0.3) is 0 Å². The van der Waals surface area contributed by atoms with E-state index in [4.69, 9.17) is 0 Å². The van der Waals surface area contributed by atoms with Gasteiger partial charge in [-0.1, -0.05) is 0 Å². The predicted molar refractivity (Wildman–Crippen MR) is 54.4 cm³/mol.